The summed E-state index contributed by atoms with van der Waals surface area (Å²) in [5, 5.41) is 10.2. The zero-order chi connectivity index (χ0) is 17.9. The number of aromatic amines is 1. The number of nitrogens with zero attached hydrogens (tertiary/aromatic N) is 2. The molecule has 0 saturated carbocycles. The molecule has 134 valence electrons. The number of alkyl halides is 1. The van der Waals surface area contributed by atoms with Gasteiger partial charge in [-0.2, -0.15) is 5.10 Å². The second-order valence-electron chi connectivity index (χ2n) is 6.35. The number of H-pyrrole nitrogens is 1. The van der Waals surface area contributed by atoms with Crippen LogP contribution in [0.25, 0.3) is 0 Å². The van der Waals surface area contributed by atoms with E-state index in [1.54, 1.807) is 12.3 Å². The smallest absolute Gasteiger partial charge is 0.251 e. The van der Waals surface area contributed by atoms with Crippen LogP contribution >= 0.6 is 23.2 Å². The lowest BCUT2D eigenvalue weighted by Crippen LogP contribution is -2.48. The van der Waals surface area contributed by atoms with Crippen LogP contribution < -0.4 is 5.32 Å². The SMILES string of the molecule is O=C(NCC1(F)CCN(Cc2ccn[nH]2)CC1)c1cc(Cl)cc(Cl)c1. The topological polar surface area (TPSA) is 61.0 Å². The van der Waals surface area contributed by atoms with Crippen molar-refractivity contribution in [2.45, 2.75) is 25.1 Å². The van der Waals surface area contributed by atoms with Crippen LogP contribution in [0.3, 0.4) is 0 Å². The molecular formula is C17H19Cl2FN4O. The Morgan fingerprint density at radius 2 is 1.96 bits per heavy atom. The molecule has 1 aliphatic rings. The highest BCUT2D eigenvalue weighted by Crippen LogP contribution is 2.27. The molecule has 3 rings (SSSR count). The molecule has 5 nitrogen and oxygen atoms in total. The van der Waals surface area contributed by atoms with Crippen LogP contribution in [0, 0.1) is 0 Å². The molecule has 2 heterocycles. The highest BCUT2D eigenvalue weighted by atomic mass is 35.5. The molecule has 0 radical (unpaired) electrons. The Labute approximate surface area is 155 Å². The lowest BCUT2D eigenvalue weighted by molar-refractivity contribution is 0.0513. The quantitative estimate of drug-likeness (QED) is 0.829. The van der Waals surface area contributed by atoms with Crippen molar-refractivity contribution in [1.82, 2.24) is 20.4 Å². The molecule has 2 N–H and O–H groups in total. The van der Waals surface area contributed by atoms with E-state index < -0.39 is 5.67 Å². The molecule has 1 fully saturated rings. The van der Waals surface area contributed by atoms with Gasteiger partial charge in [0, 0.05) is 47.1 Å². The van der Waals surface area contributed by atoms with Gasteiger partial charge in [-0.3, -0.25) is 14.8 Å². The molecule has 0 atom stereocenters. The van der Waals surface area contributed by atoms with Gasteiger partial charge in [-0.1, -0.05) is 23.2 Å². The first-order valence-corrected chi connectivity index (χ1v) is 8.83. The van der Waals surface area contributed by atoms with Crippen LogP contribution in [0.1, 0.15) is 28.9 Å². The number of aromatic nitrogens is 2. The van der Waals surface area contributed by atoms with E-state index in [1.807, 2.05) is 6.07 Å². The van der Waals surface area contributed by atoms with Crippen molar-refractivity contribution >= 4 is 29.1 Å². The van der Waals surface area contributed by atoms with E-state index in [0.717, 1.165) is 12.2 Å². The van der Waals surface area contributed by atoms with Gasteiger partial charge in [0.2, 0.25) is 0 Å². The van der Waals surface area contributed by atoms with Gasteiger partial charge in [0.15, 0.2) is 0 Å². The number of carbonyl (C=O) groups excluding carboxylic acids is 1. The zero-order valence-corrected chi connectivity index (χ0v) is 15.1. The van der Waals surface area contributed by atoms with Crippen LogP contribution in [0.15, 0.2) is 30.5 Å². The number of benzene rings is 1. The molecule has 25 heavy (non-hydrogen) atoms. The Balaban J connectivity index is 1.50. The number of hydrogen-bond acceptors (Lipinski definition) is 3. The van der Waals surface area contributed by atoms with Gasteiger partial charge in [0.05, 0.1) is 6.54 Å². The molecular weight excluding hydrogens is 366 g/mol. The number of halogens is 3. The first-order valence-electron chi connectivity index (χ1n) is 8.07. The second kappa shape index (κ2) is 7.72. The van der Waals surface area contributed by atoms with E-state index in [0.29, 0.717) is 41.5 Å². The molecule has 0 unspecified atom stereocenters. The minimum absolute atomic E-state index is 0.0200. The highest BCUT2D eigenvalue weighted by Gasteiger charge is 2.35. The molecule has 1 saturated heterocycles. The van der Waals surface area contributed by atoms with Crippen LogP contribution in [-0.2, 0) is 6.54 Å². The summed E-state index contributed by atoms with van der Waals surface area (Å²) in [5.74, 6) is -0.374. The molecule has 0 spiro atoms. The summed E-state index contributed by atoms with van der Waals surface area (Å²) in [7, 11) is 0. The monoisotopic (exact) mass is 384 g/mol. The predicted octanol–water partition coefficient (Wildman–Crippen LogP) is 3.45. The van der Waals surface area contributed by atoms with Crippen molar-refractivity contribution in [3.05, 3.63) is 51.8 Å². The van der Waals surface area contributed by atoms with E-state index in [1.165, 1.54) is 12.1 Å². The van der Waals surface area contributed by atoms with Gasteiger partial charge >= 0.3 is 0 Å². The fourth-order valence-electron chi connectivity index (χ4n) is 2.93. The summed E-state index contributed by atoms with van der Waals surface area (Å²) < 4.78 is 14.9. The zero-order valence-electron chi connectivity index (χ0n) is 13.6. The molecule has 1 aliphatic heterocycles. The third-order valence-corrected chi connectivity index (χ3v) is 4.83. The molecule has 1 amide bonds. The van der Waals surface area contributed by atoms with Gasteiger partial charge in [-0.05, 0) is 37.1 Å². The number of carbonyl (C=O) groups is 1. The Hall–Kier alpha value is -1.63. The molecule has 8 heteroatoms. The lowest BCUT2D eigenvalue weighted by atomic mass is 9.93. The average Bonchev–Trinajstić information content (AvgIpc) is 3.07. The third kappa shape index (κ3) is 4.93. The Morgan fingerprint density at radius 1 is 1.28 bits per heavy atom. The molecule has 0 aliphatic carbocycles. The lowest BCUT2D eigenvalue weighted by Gasteiger charge is -2.36. The van der Waals surface area contributed by atoms with Crippen molar-refractivity contribution in [1.29, 1.82) is 0 Å². The van der Waals surface area contributed by atoms with Gasteiger partial charge in [0.25, 0.3) is 5.91 Å². The van der Waals surface area contributed by atoms with E-state index in [9.17, 15) is 9.18 Å². The van der Waals surface area contributed by atoms with Gasteiger partial charge in [0.1, 0.15) is 5.67 Å². The van der Waals surface area contributed by atoms with Crippen molar-refractivity contribution in [2.75, 3.05) is 19.6 Å². The molecule has 1 aromatic heterocycles. The maximum absolute atomic E-state index is 14.9. The van der Waals surface area contributed by atoms with E-state index in [-0.39, 0.29) is 12.5 Å². The fourth-order valence-corrected chi connectivity index (χ4v) is 3.45. The molecule has 2 aromatic rings. The number of rotatable bonds is 5. The van der Waals surface area contributed by atoms with E-state index in [2.05, 4.69) is 20.4 Å². The summed E-state index contributed by atoms with van der Waals surface area (Å²) in [5.41, 5.74) is -0.0574. The molecule has 0 bridgehead atoms. The van der Waals surface area contributed by atoms with Crippen LogP contribution in [0.4, 0.5) is 4.39 Å². The van der Waals surface area contributed by atoms with Crippen molar-refractivity contribution in [3.8, 4) is 0 Å². The number of hydrogen-bond donors (Lipinski definition) is 2. The summed E-state index contributed by atoms with van der Waals surface area (Å²) in [6.45, 7) is 1.97. The Morgan fingerprint density at radius 3 is 2.56 bits per heavy atom. The number of nitrogens with one attached hydrogen (secondary N) is 2. The maximum atomic E-state index is 14.9. The third-order valence-electron chi connectivity index (χ3n) is 4.40. The largest absolute Gasteiger partial charge is 0.349 e. The minimum atomic E-state index is -1.40. The van der Waals surface area contributed by atoms with Gasteiger partial charge in [-0.15, -0.1) is 0 Å². The minimum Gasteiger partial charge on any atom is -0.349 e. The summed E-state index contributed by atoms with van der Waals surface area (Å²) in [6.07, 6.45) is 2.45. The van der Waals surface area contributed by atoms with Gasteiger partial charge in [-0.25, -0.2) is 4.39 Å². The van der Waals surface area contributed by atoms with Crippen molar-refractivity contribution < 1.29 is 9.18 Å². The summed E-state index contributed by atoms with van der Waals surface area (Å²) >= 11 is 11.8. The van der Waals surface area contributed by atoms with Crippen LogP contribution in [0.5, 0.6) is 0 Å². The first-order chi connectivity index (χ1) is 11.9. The average molecular weight is 385 g/mol. The van der Waals surface area contributed by atoms with Crippen LogP contribution in [-0.4, -0.2) is 46.3 Å². The van der Waals surface area contributed by atoms with Crippen molar-refractivity contribution in [2.24, 2.45) is 0 Å². The maximum Gasteiger partial charge on any atom is 0.251 e. The Bertz CT molecular complexity index is 710. The normalized spacial score (nSPS) is 17.4. The first kappa shape index (κ1) is 18.2. The summed E-state index contributed by atoms with van der Waals surface area (Å²) in [4.78, 5) is 14.4. The number of piperidine rings is 1. The predicted molar refractivity (Wildman–Crippen MR) is 95.7 cm³/mol. The fraction of sp³-hybridized carbons (Fsp3) is 0.412. The van der Waals surface area contributed by atoms with E-state index >= 15 is 0 Å². The van der Waals surface area contributed by atoms with E-state index in [4.69, 9.17) is 23.2 Å². The van der Waals surface area contributed by atoms with Gasteiger partial charge < -0.3 is 5.32 Å². The van der Waals surface area contributed by atoms with Crippen molar-refractivity contribution in [3.63, 3.8) is 0 Å². The highest BCUT2D eigenvalue weighted by molar-refractivity contribution is 6.35. The standard InChI is InChI=1S/C17H19Cl2FN4O/c18-13-7-12(8-14(19)9-13)16(25)21-11-17(20)2-5-24(6-3-17)10-15-1-4-22-23-15/h1,4,7-9H,2-3,5-6,10-11H2,(H,21,25)(H,22,23). The number of amides is 1. The molecule has 1 aromatic carbocycles. The number of likely N-dealkylation sites (tertiary alicyclic amines) is 1. The summed E-state index contributed by atoms with van der Waals surface area (Å²) in [6, 6.07) is 6.49. The Kier molecular flexibility index (Phi) is 5.61. The second-order valence-corrected chi connectivity index (χ2v) is 7.22. The van der Waals surface area contributed by atoms with Crippen LogP contribution in [0.2, 0.25) is 10.0 Å².